The first-order chi connectivity index (χ1) is 11.2. The number of carbonyl (C=O) groups excluding carboxylic acids is 1. The monoisotopic (exact) mass is 316 g/mol. The quantitative estimate of drug-likeness (QED) is 0.816. The van der Waals surface area contributed by atoms with Gasteiger partial charge in [0.15, 0.2) is 11.5 Å². The molecule has 0 bridgehead atoms. The van der Waals surface area contributed by atoms with E-state index in [0.717, 1.165) is 12.1 Å². The van der Waals surface area contributed by atoms with E-state index in [9.17, 15) is 4.79 Å². The molecule has 7 heteroatoms. The van der Waals surface area contributed by atoms with E-state index < -0.39 is 0 Å². The molecule has 0 atom stereocenters. The summed E-state index contributed by atoms with van der Waals surface area (Å²) in [6.07, 6.45) is 2.41. The van der Waals surface area contributed by atoms with Crippen LogP contribution < -0.4 is 20.1 Å². The normalized spacial score (nSPS) is 10.0. The Bertz CT molecular complexity index is 676. The Labute approximate surface area is 135 Å². The van der Waals surface area contributed by atoms with Gasteiger partial charge in [-0.15, -0.1) is 0 Å². The van der Waals surface area contributed by atoms with Gasteiger partial charge in [0.1, 0.15) is 5.69 Å². The zero-order valence-electron chi connectivity index (χ0n) is 13.4. The van der Waals surface area contributed by atoms with Gasteiger partial charge in [-0.25, -0.2) is 9.97 Å². The molecule has 0 aliphatic rings. The lowest BCUT2D eigenvalue weighted by atomic mass is 10.2. The molecule has 2 N–H and O–H groups in total. The van der Waals surface area contributed by atoms with Crippen molar-refractivity contribution in [3.05, 3.63) is 36.2 Å². The van der Waals surface area contributed by atoms with Gasteiger partial charge in [0.05, 0.1) is 14.2 Å². The molecule has 0 aliphatic carbocycles. The Morgan fingerprint density at radius 2 is 1.96 bits per heavy atom. The van der Waals surface area contributed by atoms with E-state index in [1.807, 2.05) is 13.0 Å². The zero-order chi connectivity index (χ0) is 16.7. The first-order valence-electron chi connectivity index (χ1n) is 7.28. The van der Waals surface area contributed by atoms with E-state index in [1.54, 1.807) is 32.4 Å². The second kappa shape index (κ2) is 7.98. The SMILES string of the molecule is CCCNC(=O)c1ccnc(Nc2ccc(OC)c(OC)c2)n1. The molecule has 7 nitrogen and oxygen atoms in total. The van der Waals surface area contributed by atoms with Crippen LogP contribution >= 0.6 is 0 Å². The fourth-order valence-electron chi connectivity index (χ4n) is 1.92. The molecule has 122 valence electrons. The lowest BCUT2D eigenvalue weighted by molar-refractivity contribution is 0.0948. The van der Waals surface area contributed by atoms with E-state index >= 15 is 0 Å². The minimum Gasteiger partial charge on any atom is -0.493 e. The topological polar surface area (TPSA) is 85.4 Å². The van der Waals surface area contributed by atoms with Gasteiger partial charge in [0.2, 0.25) is 5.95 Å². The van der Waals surface area contributed by atoms with Crippen LogP contribution in [0, 0.1) is 0 Å². The van der Waals surface area contributed by atoms with Gasteiger partial charge in [-0.1, -0.05) is 6.92 Å². The number of anilines is 2. The number of ether oxygens (including phenoxy) is 2. The van der Waals surface area contributed by atoms with Crippen LogP contribution in [0.25, 0.3) is 0 Å². The molecule has 0 unspecified atom stereocenters. The van der Waals surface area contributed by atoms with Crippen LogP contribution in [-0.2, 0) is 0 Å². The molecule has 2 rings (SSSR count). The number of amides is 1. The van der Waals surface area contributed by atoms with E-state index in [-0.39, 0.29) is 5.91 Å². The maximum absolute atomic E-state index is 11.9. The maximum atomic E-state index is 11.9. The smallest absolute Gasteiger partial charge is 0.270 e. The van der Waals surface area contributed by atoms with Gasteiger partial charge in [-0.2, -0.15) is 0 Å². The summed E-state index contributed by atoms with van der Waals surface area (Å²) in [6.45, 7) is 2.60. The molecular formula is C16H20N4O3. The van der Waals surface area contributed by atoms with E-state index in [2.05, 4.69) is 20.6 Å². The first kappa shape index (κ1) is 16.5. The predicted molar refractivity (Wildman–Crippen MR) is 87.5 cm³/mol. The molecule has 0 radical (unpaired) electrons. The average Bonchev–Trinajstić information content (AvgIpc) is 2.59. The summed E-state index contributed by atoms with van der Waals surface area (Å²) in [6, 6.07) is 6.93. The average molecular weight is 316 g/mol. The van der Waals surface area contributed by atoms with E-state index in [0.29, 0.717) is 29.7 Å². The number of nitrogens with one attached hydrogen (secondary N) is 2. The van der Waals surface area contributed by atoms with Crippen molar-refractivity contribution < 1.29 is 14.3 Å². The fraction of sp³-hybridized carbons (Fsp3) is 0.312. The van der Waals surface area contributed by atoms with Gasteiger partial charge in [0, 0.05) is 24.5 Å². The Morgan fingerprint density at radius 1 is 1.17 bits per heavy atom. The molecule has 0 spiro atoms. The van der Waals surface area contributed by atoms with Crippen molar-refractivity contribution in [2.45, 2.75) is 13.3 Å². The third-order valence-electron chi connectivity index (χ3n) is 3.06. The van der Waals surface area contributed by atoms with Gasteiger partial charge in [-0.3, -0.25) is 4.79 Å². The molecule has 1 amide bonds. The van der Waals surface area contributed by atoms with Crippen molar-refractivity contribution in [3.8, 4) is 11.5 Å². The lowest BCUT2D eigenvalue weighted by Crippen LogP contribution is -2.25. The third kappa shape index (κ3) is 4.32. The number of methoxy groups -OCH3 is 2. The Morgan fingerprint density at radius 3 is 2.65 bits per heavy atom. The standard InChI is InChI=1S/C16H20N4O3/c1-4-8-17-15(21)12-7-9-18-16(20-12)19-11-5-6-13(22-2)14(10-11)23-3/h5-7,9-10H,4,8H2,1-3H3,(H,17,21)(H,18,19,20). The van der Waals surface area contributed by atoms with Crippen LogP contribution in [0.2, 0.25) is 0 Å². The highest BCUT2D eigenvalue weighted by atomic mass is 16.5. The number of benzene rings is 1. The van der Waals surface area contributed by atoms with Crippen LogP contribution in [0.5, 0.6) is 11.5 Å². The van der Waals surface area contributed by atoms with E-state index in [1.165, 1.54) is 6.20 Å². The zero-order valence-corrected chi connectivity index (χ0v) is 13.4. The lowest BCUT2D eigenvalue weighted by Gasteiger charge is -2.11. The third-order valence-corrected chi connectivity index (χ3v) is 3.06. The van der Waals surface area contributed by atoms with Crippen LogP contribution in [0.1, 0.15) is 23.8 Å². The molecule has 1 aromatic heterocycles. The van der Waals surface area contributed by atoms with Crippen molar-refractivity contribution in [2.24, 2.45) is 0 Å². The number of aromatic nitrogens is 2. The highest BCUT2D eigenvalue weighted by Crippen LogP contribution is 2.30. The predicted octanol–water partition coefficient (Wildman–Crippen LogP) is 2.38. The Hall–Kier alpha value is -2.83. The molecule has 2 aromatic rings. The number of carbonyl (C=O) groups is 1. The number of nitrogens with zero attached hydrogens (tertiary/aromatic N) is 2. The van der Waals surface area contributed by atoms with Crippen LogP contribution in [0.15, 0.2) is 30.5 Å². The molecule has 0 saturated carbocycles. The van der Waals surface area contributed by atoms with Crippen LogP contribution in [0.3, 0.4) is 0 Å². The Balaban J connectivity index is 2.15. The molecule has 23 heavy (non-hydrogen) atoms. The molecule has 1 heterocycles. The summed E-state index contributed by atoms with van der Waals surface area (Å²) >= 11 is 0. The van der Waals surface area contributed by atoms with Gasteiger partial charge in [0.25, 0.3) is 5.91 Å². The van der Waals surface area contributed by atoms with Crippen molar-refractivity contribution in [2.75, 3.05) is 26.1 Å². The summed E-state index contributed by atoms with van der Waals surface area (Å²) in [5.74, 6) is 1.34. The summed E-state index contributed by atoms with van der Waals surface area (Å²) < 4.78 is 10.4. The highest BCUT2D eigenvalue weighted by Gasteiger charge is 2.09. The first-order valence-corrected chi connectivity index (χ1v) is 7.28. The van der Waals surface area contributed by atoms with E-state index in [4.69, 9.17) is 9.47 Å². The van der Waals surface area contributed by atoms with Crippen LogP contribution in [-0.4, -0.2) is 36.6 Å². The highest BCUT2D eigenvalue weighted by molar-refractivity contribution is 5.92. The second-order valence-corrected chi connectivity index (χ2v) is 4.72. The number of hydrogen-bond acceptors (Lipinski definition) is 6. The van der Waals surface area contributed by atoms with Crippen molar-refractivity contribution in [3.63, 3.8) is 0 Å². The van der Waals surface area contributed by atoms with Crippen molar-refractivity contribution in [1.29, 1.82) is 0 Å². The summed E-state index contributed by atoms with van der Waals surface area (Å²) in [7, 11) is 3.14. The Kier molecular flexibility index (Phi) is 5.74. The fourth-order valence-corrected chi connectivity index (χ4v) is 1.92. The molecule has 0 aliphatic heterocycles. The van der Waals surface area contributed by atoms with Gasteiger partial charge >= 0.3 is 0 Å². The van der Waals surface area contributed by atoms with Crippen molar-refractivity contribution >= 4 is 17.5 Å². The summed E-state index contributed by atoms with van der Waals surface area (Å²) in [4.78, 5) is 20.3. The largest absolute Gasteiger partial charge is 0.493 e. The molecule has 0 saturated heterocycles. The second-order valence-electron chi connectivity index (χ2n) is 4.72. The maximum Gasteiger partial charge on any atom is 0.270 e. The minimum absolute atomic E-state index is 0.218. The van der Waals surface area contributed by atoms with Crippen molar-refractivity contribution in [1.82, 2.24) is 15.3 Å². The number of hydrogen-bond donors (Lipinski definition) is 2. The van der Waals surface area contributed by atoms with Gasteiger partial charge < -0.3 is 20.1 Å². The van der Waals surface area contributed by atoms with Crippen LogP contribution in [0.4, 0.5) is 11.6 Å². The minimum atomic E-state index is -0.218. The molecule has 1 aromatic carbocycles. The van der Waals surface area contributed by atoms with Gasteiger partial charge in [-0.05, 0) is 24.6 Å². The summed E-state index contributed by atoms with van der Waals surface area (Å²) in [5, 5.41) is 5.82. The molecule has 0 fully saturated rings. The summed E-state index contributed by atoms with van der Waals surface area (Å²) in [5.41, 5.74) is 1.05. The number of rotatable bonds is 7. The molecular weight excluding hydrogens is 296 g/mol.